The number of ether oxygens (including phenoxy) is 3. The summed E-state index contributed by atoms with van der Waals surface area (Å²) in [4.78, 5) is 60.3. The molecule has 4 rings (SSSR count). The van der Waals surface area contributed by atoms with Gasteiger partial charge in [-0.25, -0.2) is 9.59 Å². The van der Waals surface area contributed by atoms with Crippen molar-refractivity contribution >= 4 is 41.3 Å². The first-order valence-electron chi connectivity index (χ1n) is 11.9. The van der Waals surface area contributed by atoms with Crippen molar-refractivity contribution in [2.75, 3.05) is 13.1 Å². The minimum atomic E-state index is -1.37. The largest absolute Gasteiger partial charge is 0.448 e. The lowest BCUT2D eigenvalue weighted by Gasteiger charge is -2.33. The van der Waals surface area contributed by atoms with Crippen LogP contribution < -0.4 is 15.4 Å². The number of rotatable bonds is 11. The number of nitro groups is 1. The van der Waals surface area contributed by atoms with Gasteiger partial charge in [0.15, 0.2) is 17.1 Å². The lowest BCUT2D eigenvalue weighted by atomic mass is 10.2. The van der Waals surface area contributed by atoms with E-state index in [-0.39, 0.29) is 65.2 Å². The molecule has 210 valence electrons. The minimum absolute atomic E-state index is 0.0703. The van der Waals surface area contributed by atoms with Gasteiger partial charge in [0.25, 0.3) is 11.6 Å². The van der Waals surface area contributed by atoms with Crippen LogP contribution in [0.3, 0.4) is 0 Å². The molecule has 2 aliphatic heterocycles. The molecule has 14 nitrogen and oxygen atoms in total. The molecule has 0 radical (unpaired) electrons. The first kappa shape index (κ1) is 28.4. The first-order chi connectivity index (χ1) is 19.1. The zero-order chi connectivity index (χ0) is 28.8. The van der Waals surface area contributed by atoms with Crippen molar-refractivity contribution < 1.29 is 43.4 Å². The quantitative estimate of drug-likeness (QED) is 0.0892. The molecule has 2 heterocycles. The minimum Gasteiger partial charge on any atom is -0.448 e. The molecular weight excluding hydrogens is 548 g/mol. The monoisotopic (exact) mass is 572 g/mol. The number of hydrogen-bond donors (Lipinski definition) is 3. The molecule has 15 heteroatoms. The van der Waals surface area contributed by atoms with Gasteiger partial charge in [0.05, 0.1) is 16.7 Å². The predicted octanol–water partition coefficient (Wildman–Crippen LogP) is 1.99. The molecule has 1 fully saturated rings. The second-order valence-corrected chi connectivity index (χ2v) is 9.64. The number of alkyl carbamates (subject to hydrolysis) is 1. The number of aliphatic hydroxyl groups excluding tert-OH is 1. The molecular formula is C25H24N4O10S. The van der Waals surface area contributed by atoms with Crippen LogP contribution in [0, 0.1) is 10.1 Å². The molecule has 1 saturated heterocycles. The zero-order valence-electron chi connectivity index (χ0n) is 21.0. The van der Waals surface area contributed by atoms with Crippen LogP contribution in [0.15, 0.2) is 59.3 Å². The number of benzene rings is 2. The topological polar surface area (TPSA) is 187 Å². The van der Waals surface area contributed by atoms with Gasteiger partial charge in [0.1, 0.15) is 12.4 Å². The maximum atomic E-state index is 12.6. The van der Waals surface area contributed by atoms with E-state index in [2.05, 4.69) is 10.6 Å². The average molecular weight is 573 g/mol. The highest BCUT2D eigenvalue weighted by atomic mass is 32.2. The van der Waals surface area contributed by atoms with E-state index in [0.29, 0.717) is 5.56 Å². The normalized spacial score (nSPS) is 16.4. The summed E-state index contributed by atoms with van der Waals surface area (Å²) < 4.78 is 15.7. The third kappa shape index (κ3) is 6.86. The van der Waals surface area contributed by atoms with Crippen molar-refractivity contribution in [3.63, 3.8) is 0 Å². The molecule has 2 atom stereocenters. The van der Waals surface area contributed by atoms with Crippen molar-refractivity contribution in [3.8, 4) is 5.75 Å². The summed E-state index contributed by atoms with van der Waals surface area (Å²) in [6.45, 7) is 1.35. The van der Waals surface area contributed by atoms with Crippen LogP contribution in [-0.2, 0) is 25.7 Å². The number of carbonyl (C=O) groups is 4. The number of non-ortho nitro benzene ring substituents is 1. The van der Waals surface area contributed by atoms with Crippen LogP contribution >= 0.6 is 11.8 Å². The third-order valence-corrected chi connectivity index (χ3v) is 6.70. The molecule has 0 aliphatic carbocycles. The fourth-order valence-corrected chi connectivity index (χ4v) is 4.90. The Labute approximate surface area is 231 Å². The molecule has 2 aromatic carbocycles. The maximum Gasteiger partial charge on any atom is 0.407 e. The summed E-state index contributed by atoms with van der Waals surface area (Å²) in [5.41, 5.74) is 0.647. The van der Waals surface area contributed by atoms with Crippen LogP contribution in [0.25, 0.3) is 0 Å². The maximum absolute atomic E-state index is 12.6. The van der Waals surface area contributed by atoms with E-state index in [1.165, 1.54) is 42.2 Å². The van der Waals surface area contributed by atoms with Gasteiger partial charge in [-0.2, -0.15) is 0 Å². The zero-order valence-corrected chi connectivity index (χ0v) is 21.8. The molecule has 0 bridgehead atoms. The number of fused-ring (bicyclic) bond motifs is 1. The van der Waals surface area contributed by atoms with E-state index in [0.717, 1.165) is 11.8 Å². The number of nitrogens with zero attached hydrogens (tertiary/aromatic N) is 2. The number of aliphatic hydroxyl groups is 1. The van der Waals surface area contributed by atoms with Crippen LogP contribution in [0.2, 0.25) is 0 Å². The molecule has 0 aromatic heterocycles. The average Bonchev–Trinajstić information content (AvgIpc) is 3.21. The van der Waals surface area contributed by atoms with Gasteiger partial charge >= 0.3 is 12.1 Å². The fraction of sp³-hybridized carbons (Fsp3) is 0.280. The fourth-order valence-electron chi connectivity index (χ4n) is 3.66. The lowest BCUT2D eigenvalue weighted by molar-refractivity contribution is -0.384. The van der Waals surface area contributed by atoms with Crippen molar-refractivity contribution in [3.05, 3.63) is 80.6 Å². The number of carbonyl (C=O) groups excluding carboxylic acids is 4. The Morgan fingerprint density at radius 2 is 1.90 bits per heavy atom. The van der Waals surface area contributed by atoms with Crippen LogP contribution in [0.4, 0.5) is 10.5 Å². The summed E-state index contributed by atoms with van der Waals surface area (Å²) in [5, 5.41) is 25.0. The van der Waals surface area contributed by atoms with Gasteiger partial charge in [-0.05, 0) is 42.8 Å². The van der Waals surface area contributed by atoms with Crippen LogP contribution in [0.1, 0.15) is 29.3 Å². The Morgan fingerprint density at radius 1 is 1.18 bits per heavy atom. The van der Waals surface area contributed by atoms with Crippen molar-refractivity contribution in [2.45, 2.75) is 31.6 Å². The Hall–Kier alpha value is -4.63. The van der Waals surface area contributed by atoms with Crippen LogP contribution in [0.5, 0.6) is 5.75 Å². The number of thioether (sulfide) groups is 1. The highest BCUT2D eigenvalue weighted by Crippen LogP contribution is 2.47. The number of amides is 3. The second-order valence-electron chi connectivity index (χ2n) is 8.49. The van der Waals surface area contributed by atoms with Gasteiger partial charge < -0.3 is 30.0 Å². The smallest absolute Gasteiger partial charge is 0.407 e. The van der Waals surface area contributed by atoms with E-state index >= 15 is 0 Å². The van der Waals surface area contributed by atoms with E-state index in [9.17, 15) is 34.4 Å². The Kier molecular flexibility index (Phi) is 8.86. The number of nitro benzene ring substituents is 1. The predicted molar refractivity (Wildman–Crippen MR) is 138 cm³/mol. The number of β-lactam (4-membered cyclic amide) rings is 1. The van der Waals surface area contributed by atoms with E-state index < -0.39 is 29.2 Å². The van der Waals surface area contributed by atoms with Crippen LogP contribution in [-0.4, -0.2) is 63.6 Å². The van der Waals surface area contributed by atoms with Gasteiger partial charge in [-0.15, -0.1) is 0 Å². The lowest BCUT2D eigenvalue weighted by Crippen LogP contribution is -2.48. The number of hydrogen-bond acceptors (Lipinski definition) is 11. The molecule has 0 spiro atoms. The van der Waals surface area contributed by atoms with E-state index in [4.69, 9.17) is 14.2 Å². The molecule has 3 N–H and O–H groups in total. The molecule has 2 aromatic rings. The number of nitrogens with one attached hydrogen (secondary N) is 2. The highest BCUT2D eigenvalue weighted by Gasteiger charge is 2.50. The Bertz CT molecular complexity index is 1360. The van der Waals surface area contributed by atoms with Gasteiger partial charge in [-0.1, -0.05) is 17.8 Å². The summed E-state index contributed by atoms with van der Waals surface area (Å²) in [6, 6.07) is 11.7. The summed E-state index contributed by atoms with van der Waals surface area (Å²) in [7, 11) is 0. The van der Waals surface area contributed by atoms with Gasteiger partial charge in [0.2, 0.25) is 5.91 Å². The SMILES string of the molecule is C[C@H](O)OC(=O)C1=C(Oc2cccc(C(=O)NCCNC(=O)OCc3ccc([N+](=O)[O-])cc3)c2)S[C@@H]2CC(=O)N12. The Balaban J connectivity index is 1.26. The van der Waals surface area contributed by atoms with E-state index in [1.807, 2.05) is 0 Å². The molecule has 0 unspecified atom stereocenters. The molecule has 0 saturated carbocycles. The first-order valence-corrected chi connectivity index (χ1v) is 12.8. The molecule has 3 amide bonds. The third-order valence-electron chi connectivity index (χ3n) is 5.56. The standard InChI is InChI=1S/C25H24N4O10S/c1-14(30)38-23(33)21-24(40-20-12-19(31)28(20)21)39-18-4-2-3-16(11-18)22(32)26-9-10-27-25(34)37-13-15-5-7-17(8-6-15)29(35)36/h2-8,11,14,20,30H,9-10,12-13H2,1H3,(H,26,32)(H,27,34)/t14-,20-/m1/s1. The second kappa shape index (κ2) is 12.5. The van der Waals surface area contributed by atoms with Crippen molar-refractivity contribution in [2.24, 2.45) is 0 Å². The summed E-state index contributed by atoms with van der Waals surface area (Å²) in [5.74, 6) is -1.39. The van der Waals surface area contributed by atoms with Crippen molar-refractivity contribution in [1.29, 1.82) is 0 Å². The number of esters is 1. The molecule has 40 heavy (non-hydrogen) atoms. The summed E-state index contributed by atoms with van der Waals surface area (Å²) >= 11 is 1.16. The van der Waals surface area contributed by atoms with Crippen molar-refractivity contribution in [1.82, 2.24) is 15.5 Å². The van der Waals surface area contributed by atoms with E-state index in [1.54, 1.807) is 18.2 Å². The van der Waals surface area contributed by atoms with Gasteiger partial charge in [-0.3, -0.25) is 24.6 Å². The summed E-state index contributed by atoms with van der Waals surface area (Å²) in [6.07, 6.45) is -1.87. The van der Waals surface area contributed by atoms with Gasteiger partial charge in [0, 0.05) is 30.8 Å². The highest BCUT2D eigenvalue weighted by molar-refractivity contribution is 8.03. The molecule has 2 aliphatic rings. The Morgan fingerprint density at radius 3 is 2.58 bits per heavy atom.